The second-order valence-electron chi connectivity index (χ2n) is 8.02. The van der Waals surface area contributed by atoms with Gasteiger partial charge in [-0.3, -0.25) is 4.79 Å². The zero-order valence-corrected chi connectivity index (χ0v) is 16.3. The third-order valence-corrected chi connectivity index (χ3v) is 6.25. The highest BCUT2D eigenvalue weighted by atomic mass is 16.2. The Morgan fingerprint density at radius 1 is 1.14 bits per heavy atom. The molecule has 2 aliphatic rings. The van der Waals surface area contributed by atoms with E-state index in [2.05, 4.69) is 33.9 Å². The minimum Gasteiger partial charge on any atom is -0.383 e. The van der Waals surface area contributed by atoms with Crippen LogP contribution in [-0.2, 0) is 4.79 Å². The van der Waals surface area contributed by atoms with Crippen LogP contribution in [0, 0.1) is 5.41 Å². The van der Waals surface area contributed by atoms with Gasteiger partial charge in [-0.15, -0.1) is 0 Å². The van der Waals surface area contributed by atoms with E-state index in [9.17, 15) is 4.79 Å². The van der Waals surface area contributed by atoms with Crippen molar-refractivity contribution in [3.05, 3.63) is 42.0 Å². The molecule has 4 rings (SSSR count). The van der Waals surface area contributed by atoms with Crippen LogP contribution in [0.5, 0.6) is 0 Å². The number of nitrogens with two attached hydrogens (primary N) is 2. The van der Waals surface area contributed by atoms with Crippen LogP contribution in [0.1, 0.15) is 37.7 Å². The third-order valence-electron chi connectivity index (χ3n) is 6.25. The highest BCUT2D eigenvalue weighted by molar-refractivity contribution is 5.84. The smallest absolute Gasteiger partial charge is 0.230 e. The van der Waals surface area contributed by atoms with E-state index in [1.54, 1.807) is 6.07 Å². The summed E-state index contributed by atoms with van der Waals surface area (Å²) in [4.78, 5) is 25.6. The average Bonchev–Trinajstić information content (AvgIpc) is 2.70. The molecule has 2 saturated heterocycles. The standard InChI is InChI=1S/C21H28N6O/c1-2-26-14-21(13-16(19(26)28)15-6-4-3-5-7-15)8-10-27(11-9-21)18-12-17(22)24-20(23)25-18/h3-7,12,16H,2,8-11,13-14H2,1H3,(H4,22,23,24,25). The molecule has 1 unspecified atom stereocenters. The first kappa shape index (κ1) is 18.5. The summed E-state index contributed by atoms with van der Waals surface area (Å²) in [6, 6.07) is 12.0. The van der Waals surface area contributed by atoms with Crippen molar-refractivity contribution < 1.29 is 4.79 Å². The molecule has 1 aromatic heterocycles. The van der Waals surface area contributed by atoms with Crippen molar-refractivity contribution in [1.29, 1.82) is 0 Å². The van der Waals surface area contributed by atoms with E-state index in [1.165, 1.54) is 0 Å². The lowest BCUT2D eigenvalue weighted by Gasteiger charge is -2.50. The molecule has 1 spiro atoms. The van der Waals surface area contributed by atoms with Crippen LogP contribution in [0.25, 0.3) is 0 Å². The maximum Gasteiger partial charge on any atom is 0.230 e. The zero-order chi connectivity index (χ0) is 19.7. The monoisotopic (exact) mass is 380 g/mol. The largest absolute Gasteiger partial charge is 0.383 e. The molecular weight excluding hydrogens is 352 g/mol. The third kappa shape index (κ3) is 3.48. The zero-order valence-electron chi connectivity index (χ0n) is 16.3. The molecule has 0 saturated carbocycles. The molecule has 0 radical (unpaired) electrons. The molecule has 2 fully saturated rings. The number of nitrogen functional groups attached to an aromatic ring is 2. The van der Waals surface area contributed by atoms with Crippen molar-refractivity contribution in [3.8, 4) is 0 Å². The summed E-state index contributed by atoms with van der Waals surface area (Å²) in [7, 11) is 0. The number of likely N-dealkylation sites (tertiary alicyclic amines) is 1. The molecule has 1 aromatic carbocycles. The van der Waals surface area contributed by atoms with E-state index in [-0.39, 0.29) is 23.2 Å². The molecule has 7 heteroatoms. The van der Waals surface area contributed by atoms with Crippen molar-refractivity contribution >= 4 is 23.5 Å². The van der Waals surface area contributed by atoms with Gasteiger partial charge in [-0.2, -0.15) is 9.97 Å². The number of hydrogen-bond acceptors (Lipinski definition) is 6. The van der Waals surface area contributed by atoms with Gasteiger partial charge in [0.15, 0.2) is 0 Å². The van der Waals surface area contributed by atoms with Gasteiger partial charge in [0.1, 0.15) is 11.6 Å². The number of nitrogens with zero attached hydrogens (tertiary/aromatic N) is 4. The van der Waals surface area contributed by atoms with Crippen molar-refractivity contribution in [2.75, 3.05) is 42.5 Å². The first-order chi connectivity index (χ1) is 13.5. The van der Waals surface area contributed by atoms with Gasteiger partial charge in [-0.05, 0) is 37.2 Å². The van der Waals surface area contributed by atoms with Crippen LogP contribution in [0.4, 0.5) is 17.6 Å². The van der Waals surface area contributed by atoms with Crippen LogP contribution in [-0.4, -0.2) is 47.0 Å². The van der Waals surface area contributed by atoms with Gasteiger partial charge in [0.2, 0.25) is 11.9 Å². The van der Waals surface area contributed by atoms with Gasteiger partial charge in [-0.1, -0.05) is 30.3 Å². The second-order valence-corrected chi connectivity index (χ2v) is 8.02. The normalized spacial score (nSPS) is 21.9. The van der Waals surface area contributed by atoms with Crippen LogP contribution < -0.4 is 16.4 Å². The van der Waals surface area contributed by atoms with Crippen LogP contribution in [0.2, 0.25) is 0 Å². The Kier molecular flexibility index (Phi) is 4.83. The van der Waals surface area contributed by atoms with E-state index in [1.807, 2.05) is 23.1 Å². The van der Waals surface area contributed by atoms with Gasteiger partial charge >= 0.3 is 0 Å². The van der Waals surface area contributed by atoms with E-state index >= 15 is 0 Å². The summed E-state index contributed by atoms with van der Waals surface area (Å²) in [5, 5.41) is 0. The second kappa shape index (κ2) is 7.30. The number of anilines is 3. The lowest BCUT2D eigenvalue weighted by atomic mass is 9.67. The van der Waals surface area contributed by atoms with Crippen LogP contribution in [0.3, 0.4) is 0 Å². The number of amides is 1. The molecule has 1 atom stereocenters. The number of carbonyl (C=O) groups is 1. The summed E-state index contributed by atoms with van der Waals surface area (Å²) >= 11 is 0. The Bertz CT molecular complexity index is 827. The molecule has 28 heavy (non-hydrogen) atoms. The molecule has 7 nitrogen and oxygen atoms in total. The molecule has 2 aliphatic heterocycles. The number of hydrogen-bond donors (Lipinski definition) is 2. The highest BCUT2D eigenvalue weighted by Gasteiger charge is 2.45. The van der Waals surface area contributed by atoms with Crippen LogP contribution in [0.15, 0.2) is 36.4 Å². The summed E-state index contributed by atoms with van der Waals surface area (Å²) < 4.78 is 0. The van der Waals surface area contributed by atoms with Crippen molar-refractivity contribution in [2.24, 2.45) is 5.41 Å². The van der Waals surface area contributed by atoms with Gasteiger partial charge in [0.05, 0.1) is 5.92 Å². The Morgan fingerprint density at radius 2 is 1.86 bits per heavy atom. The first-order valence-electron chi connectivity index (χ1n) is 9.98. The number of benzene rings is 1. The summed E-state index contributed by atoms with van der Waals surface area (Å²) in [5.74, 6) is 1.61. The maximum absolute atomic E-state index is 13.0. The van der Waals surface area contributed by atoms with E-state index in [0.29, 0.717) is 5.82 Å². The maximum atomic E-state index is 13.0. The van der Waals surface area contributed by atoms with Crippen molar-refractivity contribution in [3.63, 3.8) is 0 Å². The van der Waals surface area contributed by atoms with Crippen LogP contribution >= 0.6 is 0 Å². The number of rotatable bonds is 3. The average molecular weight is 380 g/mol. The number of piperidine rings is 2. The Morgan fingerprint density at radius 3 is 2.50 bits per heavy atom. The number of carbonyl (C=O) groups excluding carboxylic acids is 1. The Balaban J connectivity index is 1.54. The predicted molar refractivity (Wildman–Crippen MR) is 111 cm³/mol. The molecule has 1 amide bonds. The number of likely N-dealkylation sites (N-methyl/N-ethyl adjacent to an activating group) is 1. The highest BCUT2D eigenvalue weighted by Crippen LogP contribution is 2.46. The van der Waals surface area contributed by atoms with Gasteiger partial charge in [0, 0.05) is 32.2 Å². The SMILES string of the molecule is CCN1CC2(CCN(c3cc(N)nc(N)n3)CC2)CC(c2ccccc2)C1=O. The lowest BCUT2D eigenvalue weighted by molar-refractivity contribution is -0.140. The molecular formula is C21H28N6O. The fraction of sp³-hybridized carbons (Fsp3) is 0.476. The van der Waals surface area contributed by atoms with Gasteiger partial charge in [0.25, 0.3) is 0 Å². The van der Waals surface area contributed by atoms with E-state index in [4.69, 9.17) is 11.5 Å². The topological polar surface area (TPSA) is 101 Å². The molecule has 0 bridgehead atoms. The Labute approximate surface area is 165 Å². The Hall–Kier alpha value is -2.83. The molecule has 0 aliphatic carbocycles. The molecule has 2 aromatic rings. The molecule has 4 N–H and O–H groups in total. The van der Waals surface area contributed by atoms with E-state index in [0.717, 1.165) is 56.8 Å². The quantitative estimate of drug-likeness (QED) is 0.847. The van der Waals surface area contributed by atoms with Crippen molar-refractivity contribution in [1.82, 2.24) is 14.9 Å². The van der Waals surface area contributed by atoms with Gasteiger partial charge < -0.3 is 21.3 Å². The van der Waals surface area contributed by atoms with E-state index < -0.39 is 0 Å². The first-order valence-corrected chi connectivity index (χ1v) is 9.98. The predicted octanol–water partition coefficient (Wildman–Crippen LogP) is 2.26. The molecule has 148 valence electrons. The molecule has 3 heterocycles. The minimum absolute atomic E-state index is 0.0493. The lowest BCUT2D eigenvalue weighted by Crippen LogP contribution is -2.54. The van der Waals surface area contributed by atoms with Gasteiger partial charge in [-0.25, -0.2) is 0 Å². The summed E-state index contributed by atoms with van der Waals surface area (Å²) in [5.41, 5.74) is 12.9. The van der Waals surface area contributed by atoms with Crippen molar-refractivity contribution in [2.45, 2.75) is 32.1 Å². The summed E-state index contributed by atoms with van der Waals surface area (Å²) in [6.45, 7) is 5.42. The fourth-order valence-corrected chi connectivity index (χ4v) is 4.71. The fourth-order valence-electron chi connectivity index (χ4n) is 4.71. The number of aromatic nitrogens is 2. The minimum atomic E-state index is -0.0493. The summed E-state index contributed by atoms with van der Waals surface area (Å²) in [6.07, 6.45) is 2.95.